The number of nitrogens with one attached hydrogen (secondary N) is 1. The minimum atomic E-state index is -0.229. The number of ether oxygens (including phenoxy) is 1. The zero-order valence-corrected chi connectivity index (χ0v) is 14.6. The molecule has 1 heterocycles. The van der Waals surface area contributed by atoms with Crippen molar-refractivity contribution in [3.63, 3.8) is 0 Å². The number of nitrogens with zero attached hydrogens (tertiary/aromatic N) is 2. The van der Waals surface area contributed by atoms with Gasteiger partial charge in [-0.15, -0.1) is 0 Å². The van der Waals surface area contributed by atoms with Gasteiger partial charge in [0.15, 0.2) is 5.69 Å². The highest BCUT2D eigenvalue weighted by Gasteiger charge is 2.17. The number of carbonyl (C=O) groups is 1. The summed E-state index contributed by atoms with van der Waals surface area (Å²) in [5.41, 5.74) is 4.04. The molecular weight excluding hydrogens is 314 g/mol. The fourth-order valence-electron chi connectivity index (χ4n) is 2.67. The van der Waals surface area contributed by atoms with Gasteiger partial charge >= 0.3 is 0 Å². The molecule has 2 aromatic carbocycles. The average molecular weight is 335 g/mol. The summed E-state index contributed by atoms with van der Waals surface area (Å²) >= 11 is 0. The van der Waals surface area contributed by atoms with Gasteiger partial charge in [0.1, 0.15) is 5.75 Å². The Morgan fingerprint density at radius 3 is 2.56 bits per heavy atom. The minimum Gasteiger partial charge on any atom is -0.496 e. The van der Waals surface area contributed by atoms with Gasteiger partial charge in [0, 0.05) is 17.8 Å². The van der Waals surface area contributed by atoms with E-state index in [2.05, 4.69) is 10.4 Å². The Morgan fingerprint density at radius 2 is 1.88 bits per heavy atom. The molecule has 1 amide bonds. The quantitative estimate of drug-likeness (QED) is 0.762. The highest BCUT2D eigenvalue weighted by molar-refractivity contribution is 6.03. The van der Waals surface area contributed by atoms with E-state index in [4.69, 9.17) is 4.74 Å². The third-order valence-corrected chi connectivity index (χ3v) is 4.00. The lowest BCUT2D eigenvalue weighted by Crippen LogP contribution is -2.13. The standard InChI is InChI=1S/C20H21N3O2/c1-4-23-18(16-7-5-6-8-19(16)25-3)13-17(22-23)20(24)21-15-11-9-14(2)10-12-15/h5-13H,4H2,1-3H3,(H,21,24). The molecule has 25 heavy (non-hydrogen) atoms. The Labute approximate surface area is 147 Å². The zero-order valence-electron chi connectivity index (χ0n) is 14.6. The van der Waals surface area contributed by atoms with Gasteiger partial charge in [-0.2, -0.15) is 5.10 Å². The highest BCUT2D eigenvalue weighted by Crippen LogP contribution is 2.30. The molecule has 5 heteroatoms. The second-order valence-corrected chi connectivity index (χ2v) is 5.75. The van der Waals surface area contributed by atoms with Crippen LogP contribution >= 0.6 is 0 Å². The number of aromatic nitrogens is 2. The maximum Gasteiger partial charge on any atom is 0.276 e. The van der Waals surface area contributed by atoms with E-state index in [1.54, 1.807) is 13.2 Å². The first-order valence-electron chi connectivity index (χ1n) is 8.21. The molecule has 3 rings (SSSR count). The first-order chi connectivity index (χ1) is 12.1. The molecule has 0 radical (unpaired) electrons. The van der Waals surface area contributed by atoms with Crippen LogP contribution in [0, 0.1) is 6.92 Å². The largest absolute Gasteiger partial charge is 0.496 e. The van der Waals surface area contributed by atoms with Gasteiger partial charge in [0.05, 0.1) is 12.8 Å². The van der Waals surface area contributed by atoms with Gasteiger partial charge in [-0.1, -0.05) is 29.8 Å². The normalized spacial score (nSPS) is 10.5. The molecule has 1 aromatic heterocycles. The van der Waals surface area contributed by atoms with Gasteiger partial charge in [-0.3, -0.25) is 9.48 Å². The van der Waals surface area contributed by atoms with Crippen molar-refractivity contribution in [1.82, 2.24) is 9.78 Å². The summed E-state index contributed by atoms with van der Waals surface area (Å²) in [5, 5.41) is 7.33. The van der Waals surface area contributed by atoms with Crippen molar-refractivity contribution in [1.29, 1.82) is 0 Å². The third kappa shape index (κ3) is 3.55. The van der Waals surface area contributed by atoms with Crippen LogP contribution in [-0.2, 0) is 6.54 Å². The van der Waals surface area contributed by atoms with Gasteiger partial charge in [0.2, 0.25) is 0 Å². The van der Waals surface area contributed by atoms with Crippen LogP contribution in [0.15, 0.2) is 54.6 Å². The Hall–Kier alpha value is -3.08. The molecule has 128 valence electrons. The van der Waals surface area contributed by atoms with E-state index in [0.717, 1.165) is 28.3 Å². The number of hydrogen-bond acceptors (Lipinski definition) is 3. The van der Waals surface area contributed by atoms with Crippen molar-refractivity contribution in [3.05, 3.63) is 65.9 Å². The number of rotatable bonds is 5. The van der Waals surface area contributed by atoms with Crippen LogP contribution in [0.5, 0.6) is 5.75 Å². The van der Waals surface area contributed by atoms with E-state index < -0.39 is 0 Å². The predicted octanol–water partition coefficient (Wildman–Crippen LogP) is 4.14. The summed E-state index contributed by atoms with van der Waals surface area (Å²) in [7, 11) is 1.64. The second kappa shape index (κ2) is 7.21. The molecule has 0 aliphatic heterocycles. The number of aryl methyl sites for hydroxylation is 2. The van der Waals surface area contributed by atoms with Crippen LogP contribution in [0.2, 0.25) is 0 Å². The number of hydrogen-bond donors (Lipinski definition) is 1. The Bertz CT molecular complexity index is 882. The maximum atomic E-state index is 12.5. The molecule has 5 nitrogen and oxygen atoms in total. The molecule has 3 aromatic rings. The summed E-state index contributed by atoms with van der Waals surface area (Å²) in [6.45, 7) is 4.66. The van der Waals surface area contributed by atoms with E-state index in [9.17, 15) is 4.79 Å². The van der Waals surface area contributed by atoms with E-state index in [1.807, 2.05) is 67.1 Å². The number of anilines is 1. The SMILES string of the molecule is CCn1nc(C(=O)Nc2ccc(C)cc2)cc1-c1ccccc1OC. The Balaban J connectivity index is 1.92. The molecule has 1 N–H and O–H groups in total. The number of methoxy groups -OCH3 is 1. The fourth-order valence-corrected chi connectivity index (χ4v) is 2.67. The second-order valence-electron chi connectivity index (χ2n) is 5.75. The van der Waals surface area contributed by atoms with Crippen LogP contribution in [-0.4, -0.2) is 22.8 Å². The molecule has 0 unspecified atom stereocenters. The molecule has 0 atom stereocenters. The van der Waals surface area contributed by atoms with E-state index >= 15 is 0 Å². The molecular formula is C20H21N3O2. The maximum absolute atomic E-state index is 12.5. The molecule has 0 saturated carbocycles. The summed E-state index contributed by atoms with van der Waals surface area (Å²) in [4.78, 5) is 12.5. The molecule has 0 fully saturated rings. The summed E-state index contributed by atoms with van der Waals surface area (Å²) in [5.74, 6) is 0.523. The minimum absolute atomic E-state index is 0.229. The third-order valence-electron chi connectivity index (χ3n) is 4.00. The van der Waals surface area contributed by atoms with Crippen LogP contribution in [0.1, 0.15) is 23.0 Å². The van der Waals surface area contributed by atoms with Crippen LogP contribution in [0.25, 0.3) is 11.3 Å². The van der Waals surface area contributed by atoms with Gasteiger partial charge < -0.3 is 10.1 Å². The van der Waals surface area contributed by atoms with Crippen molar-refractivity contribution in [3.8, 4) is 17.0 Å². The van der Waals surface area contributed by atoms with E-state index in [-0.39, 0.29) is 5.91 Å². The lowest BCUT2D eigenvalue weighted by molar-refractivity contribution is 0.102. The first-order valence-corrected chi connectivity index (χ1v) is 8.21. The van der Waals surface area contributed by atoms with Crippen LogP contribution < -0.4 is 10.1 Å². The number of benzene rings is 2. The van der Waals surface area contributed by atoms with E-state index in [1.165, 1.54) is 0 Å². The Kier molecular flexibility index (Phi) is 4.84. The van der Waals surface area contributed by atoms with Crippen molar-refractivity contribution in [2.45, 2.75) is 20.4 Å². The van der Waals surface area contributed by atoms with Crippen molar-refractivity contribution in [2.24, 2.45) is 0 Å². The summed E-state index contributed by atoms with van der Waals surface area (Å²) in [6.07, 6.45) is 0. The molecule has 0 spiro atoms. The van der Waals surface area contributed by atoms with Gasteiger partial charge in [0.25, 0.3) is 5.91 Å². The smallest absolute Gasteiger partial charge is 0.276 e. The molecule has 0 saturated heterocycles. The first kappa shape index (κ1) is 16.8. The van der Waals surface area contributed by atoms with Crippen molar-refractivity contribution < 1.29 is 9.53 Å². The number of carbonyl (C=O) groups excluding carboxylic acids is 1. The lowest BCUT2D eigenvalue weighted by atomic mass is 10.1. The number of para-hydroxylation sites is 1. The average Bonchev–Trinajstić information content (AvgIpc) is 3.08. The van der Waals surface area contributed by atoms with Crippen molar-refractivity contribution >= 4 is 11.6 Å². The monoisotopic (exact) mass is 335 g/mol. The lowest BCUT2D eigenvalue weighted by Gasteiger charge is -2.09. The van der Waals surface area contributed by atoms with Crippen LogP contribution in [0.3, 0.4) is 0 Å². The number of amides is 1. The predicted molar refractivity (Wildman–Crippen MR) is 99.0 cm³/mol. The van der Waals surface area contributed by atoms with Gasteiger partial charge in [-0.25, -0.2) is 0 Å². The molecule has 0 aliphatic carbocycles. The Morgan fingerprint density at radius 1 is 1.16 bits per heavy atom. The zero-order chi connectivity index (χ0) is 17.8. The highest BCUT2D eigenvalue weighted by atomic mass is 16.5. The van der Waals surface area contributed by atoms with Crippen LogP contribution in [0.4, 0.5) is 5.69 Å². The topological polar surface area (TPSA) is 56.2 Å². The summed E-state index contributed by atoms with van der Waals surface area (Å²) in [6, 6.07) is 17.2. The van der Waals surface area contributed by atoms with Crippen molar-refractivity contribution in [2.75, 3.05) is 12.4 Å². The molecule has 0 aliphatic rings. The summed E-state index contributed by atoms with van der Waals surface area (Å²) < 4.78 is 7.24. The van der Waals surface area contributed by atoms with E-state index in [0.29, 0.717) is 12.2 Å². The van der Waals surface area contributed by atoms with Gasteiger partial charge in [-0.05, 0) is 44.2 Å². The molecule has 0 bridgehead atoms. The fraction of sp³-hybridized carbons (Fsp3) is 0.200.